The minimum absolute atomic E-state index is 0. The molecule has 3 rings (SSSR count). The first kappa shape index (κ1) is 20.2. The molecule has 26 heavy (non-hydrogen) atoms. The first-order chi connectivity index (χ1) is 12.0. The topological polar surface area (TPSA) is 103 Å². The van der Waals surface area contributed by atoms with Crippen molar-refractivity contribution in [2.24, 2.45) is 0 Å². The van der Waals surface area contributed by atoms with Crippen molar-refractivity contribution in [2.45, 2.75) is 23.8 Å². The number of sulfonamides is 1. The third kappa shape index (κ3) is 4.75. The Hall–Kier alpha value is -2.10. The predicted octanol–water partition coefficient (Wildman–Crippen LogP) is 1.86. The number of aromatic amines is 1. The predicted molar refractivity (Wildman–Crippen MR) is 98.6 cm³/mol. The Kier molecular flexibility index (Phi) is 6.63. The Labute approximate surface area is 157 Å². The van der Waals surface area contributed by atoms with Crippen LogP contribution in [-0.2, 0) is 10.0 Å². The number of piperidine rings is 1. The van der Waals surface area contributed by atoms with E-state index in [1.54, 1.807) is 0 Å². The van der Waals surface area contributed by atoms with E-state index < -0.39 is 15.8 Å². The fourth-order valence-electron chi connectivity index (χ4n) is 2.65. The molecule has 142 valence electrons. The lowest BCUT2D eigenvalue weighted by Gasteiger charge is -2.23. The van der Waals surface area contributed by atoms with Gasteiger partial charge in [0.15, 0.2) is 0 Å². The number of rotatable bonds is 5. The van der Waals surface area contributed by atoms with Gasteiger partial charge < -0.3 is 15.6 Å². The number of carbonyl (C=O) groups is 1. The van der Waals surface area contributed by atoms with Crippen LogP contribution in [0.2, 0.25) is 0 Å². The summed E-state index contributed by atoms with van der Waals surface area (Å²) in [6.07, 6.45) is 3.05. The second kappa shape index (κ2) is 8.52. The van der Waals surface area contributed by atoms with Gasteiger partial charge in [0.2, 0.25) is 0 Å². The molecule has 1 fully saturated rings. The summed E-state index contributed by atoms with van der Waals surface area (Å²) in [5.74, 6) is -1.05. The van der Waals surface area contributed by atoms with Crippen LogP contribution in [0.25, 0.3) is 0 Å². The number of anilines is 1. The van der Waals surface area contributed by atoms with Crippen molar-refractivity contribution in [1.82, 2.24) is 15.6 Å². The summed E-state index contributed by atoms with van der Waals surface area (Å²) < 4.78 is 40.5. The average molecular weight is 403 g/mol. The number of nitrogens with one attached hydrogen (secondary N) is 4. The summed E-state index contributed by atoms with van der Waals surface area (Å²) in [5, 5.41) is 6.04. The minimum Gasteiger partial charge on any atom is -0.356 e. The first-order valence-electron chi connectivity index (χ1n) is 7.93. The number of hydrogen-bond acceptors (Lipinski definition) is 4. The Bertz CT molecular complexity index is 866. The normalized spacial score (nSPS) is 17.2. The fourth-order valence-corrected chi connectivity index (χ4v) is 3.71. The van der Waals surface area contributed by atoms with Crippen LogP contribution in [-0.4, -0.2) is 38.4 Å². The van der Waals surface area contributed by atoms with Crippen LogP contribution >= 0.6 is 12.4 Å². The molecule has 0 saturated carbocycles. The number of amides is 1. The third-order valence-corrected chi connectivity index (χ3v) is 5.31. The second-order valence-electron chi connectivity index (χ2n) is 5.85. The molecule has 1 atom stereocenters. The number of benzene rings is 1. The zero-order chi connectivity index (χ0) is 17.9. The van der Waals surface area contributed by atoms with E-state index in [1.807, 2.05) is 0 Å². The van der Waals surface area contributed by atoms with Crippen LogP contribution < -0.4 is 15.4 Å². The Morgan fingerprint density at radius 1 is 1.27 bits per heavy atom. The van der Waals surface area contributed by atoms with Gasteiger partial charge in [-0.05, 0) is 37.6 Å². The van der Waals surface area contributed by atoms with Gasteiger partial charge in [-0.15, -0.1) is 12.4 Å². The van der Waals surface area contributed by atoms with Crippen molar-refractivity contribution in [3.8, 4) is 0 Å². The smallest absolute Gasteiger partial charge is 0.267 e. The fraction of sp³-hybridized carbons (Fsp3) is 0.312. The molecule has 0 radical (unpaired) electrons. The Balaban J connectivity index is 0.00000243. The van der Waals surface area contributed by atoms with Crippen LogP contribution in [0.4, 0.5) is 10.1 Å². The van der Waals surface area contributed by atoms with E-state index in [1.165, 1.54) is 30.5 Å². The lowest BCUT2D eigenvalue weighted by atomic mass is 10.1. The summed E-state index contributed by atoms with van der Waals surface area (Å²) in [7, 11) is -4.00. The molecule has 1 aromatic heterocycles. The van der Waals surface area contributed by atoms with Gasteiger partial charge >= 0.3 is 0 Å². The van der Waals surface area contributed by atoms with Crippen molar-refractivity contribution in [3.63, 3.8) is 0 Å². The van der Waals surface area contributed by atoms with Gasteiger partial charge in [-0.1, -0.05) is 12.1 Å². The molecule has 2 heterocycles. The minimum atomic E-state index is -4.00. The second-order valence-corrected chi connectivity index (χ2v) is 7.53. The monoisotopic (exact) mass is 402 g/mol. The number of para-hydroxylation sites is 1. The molecule has 0 bridgehead atoms. The molecule has 1 amide bonds. The highest BCUT2D eigenvalue weighted by Crippen LogP contribution is 2.19. The number of carbonyl (C=O) groups excluding carboxylic acids is 1. The van der Waals surface area contributed by atoms with Crippen LogP contribution in [0.3, 0.4) is 0 Å². The highest BCUT2D eigenvalue weighted by atomic mass is 35.5. The van der Waals surface area contributed by atoms with Crippen LogP contribution in [0.5, 0.6) is 0 Å². The zero-order valence-corrected chi connectivity index (χ0v) is 15.4. The molecule has 1 saturated heterocycles. The van der Waals surface area contributed by atoms with Gasteiger partial charge in [-0.25, -0.2) is 12.8 Å². The van der Waals surface area contributed by atoms with E-state index in [0.29, 0.717) is 6.54 Å². The van der Waals surface area contributed by atoms with E-state index in [9.17, 15) is 17.6 Å². The molecule has 1 aliphatic heterocycles. The standard InChI is InChI=1S/C16H19FN4O3S.ClH/c17-13-5-1-2-6-14(13)21-25(23,24)12-8-15(19-10-12)16(22)20-11-4-3-7-18-9-11;/h1-2,5-6,8,10-11,18-19,21H,3-4,7,9H2,(H,20,22);1H/t11-;/m0./s1. The highest BCUT2D eigenvalue weighted by molar-refractivity contribution is 7.92. The van der Waals surface area contributed by atoms with Gasteiger partial charge in [0.1, 0.15) is 16.4 Å². The molecule has 1 aromatic carbocycles. The maximum absolute atomic E-state index is 13.6. The third-order valence-electron chi connectivity index (χ3n) is 3.96. The van der Waals surface area contributed by atoms with Gasteiger partial charge in [0.05, 0.1) is 5.69 Å². The van der Waals surface area contributed by atoms with E-state index in [0.717, 1.165) is 25.5 Å². The largest absolute Gasteiger partial charge is 0.356 e. The van der Waals surface area contributed by atoms with Gasteiger partial charge in [0.25, 0.3) is 15.9 Å². The molecule has 0 aliphatic carbocycles. The Morgan fingerprint density at radius 2 is 2.04 bits per heavy atom. The number of H-pyrrole nitrogens is 1. The summed E-state index contributed by atoms with van der Waals surface area (Å²) in [5.41, 5.74) is -0.0116. The van der Waals surface area contributed by atoms with Crippen molar-refractivity contribution in [2.75, 3.05) is 17.8 Å². The molecule has 4 N–H and O–H groups in total. The molecule has 2 aromatic rings. The molecule has 0 spiro atoms. The van der Waals surface area contributed by atoms with Gasteiger partial charge in [-0.3, -0.25) is 9.52 Å². The summed E-state index contributed by atoms with van der Waals surface area (Å²) in [4.78, 5) is 14.7. The van der Waals surface area contributed by atoms with Crippen molar-refractivity contribution < 1.29 is 17.6 Å². The maximum Gasteiger partial charge on any atom is 0.267 e. The SMILES string of the molecule is Cl.O=C(N[C@H]1CCCNC1)c1cc(S(=O)(=O)Nc2ccccc2F)c[nH]1. The van der Waals surface area contributed by atoms with Crippen LogP contribution in [0, 0.1) is 5.82 Å². The number of hydrogen-bond donors (Lipinski definition) is 4. The molecular weight excluding hydrogens is 383 g/mol. The van der Waals surface area contributed by atoms with E-state index >= 15 is 0 Å². The van der Waals surface area contributed by atoms with Crippen molar-refractivity contribution in [1.29, 1.82) is 0 Å². The average Bonchev–Trinajstić information content (AvgIpc) is 3.09. The molecular formula is C16H20ClFN4O3S. The lowest BCUT2D eigenvalue weighted by molar-refractivity contribution is 0.0926. The highest BCUT2D eigenvalue weighted by Gasteiger charge is 2.21. The first-order valence-corrected chi connectivity index (χ1v) is 9.41. The lowest BCUT2D eigenvalue weighted by Crippen LogP contribution is -2.45. The quantitative estimate of drug-likeness (QED) is 0.612. The summed E-state index contributed by atoms with van der Waals surface area (Å²) in [6, 6.07) is 6.71. The van der Waals surface area contributed by atoms with Gasteiger partial charge in [0, 0.05) is 18.8 Å². The molecule has 10 heteroatoms. The molecule has 7 nitrogen and oxygen atoms in total. The van der Waals surface area contributed by atoms with Crippen LogP contribution in [0.15, 0.2) is 41.4 Å². The van der Waals surface area contributed by atoms with Crippen molar-refractivity contribution >= 4 is 34.0 Å². The van der Waals surface area contributed by atoms with Gasteiger partial charge in [-0.2, -0.15) is 0 Å². The maximum atomic E-state index is 13.6. The summed E-state index contributed by atoms with van der Waals surface area (Å²) in [6.45, 7) is 1.62. The molecule has 0 unspecified atom stereocenters. The van der Waals surface area contributed by atoms with E-state index in [-0.39, 0.29) is 40.6 Å². The zero-order valence-electron chi connectivity index (χ0n) is 13.8. The number of aromatic nitrogens is 1. The van der Waals surface area contributed by atoms with Crippen LogP contribution in [0.1, 0.15) is 23.3 Å². The molecule has 1 aliphatic rings. The summed E-state index contributed by atoms with van der Waals surface area (Å²) >= 11 is 0. The number of halogens is 2. The Morgan fingerprint density at radius 3 is 2.73 bits per heavy atom. The van der Waals surface area contributed by atoms with E-state index in [2.05, 4.69) is 20.3 Å². The van der Waals surface area contributed by atoms with Crippen molar-refractivity contribution in [3.05, 3.63) is 48.0 Å². The van der Waals surface area contributed by atoms with E-state index in [4.69, 9.17) is 0 Å².